The van der Waals surface area contributed by atoms with Crippen molar-refractivity contribution in [1.82, 2.24) is 9.38 Å². The molecule has 3 heterocycles. The number of carboxylic acid groups (broad SMARTS) is 1. The Labute approximate surface area is 105 Å². The number of pyridine rings is 1. The van der Waals surface area contributed by atoms with Gasteiger partial charge in [0.2, 0.25) is 0 Å². The average molecular weight is 245 g/mol. The monoisotopic (exact) mass is 245 g/mol. The third-order valence-electron chi connectivity index (χ3n) is 3.29. The summed E-state index contributed by atoms with van der Waals surface area (Å²) in [6.07, 6.45) is 6.28. The van der Waals surface area contributed by atoms with Crippen LogP contribution in [0.4, 0.5) is 5.69 Å². The maximum Gasteiger partial charge on any atom is 0.309 e. The SMILES string of the molecule is O=C(O)Cc1cn2cc(N3CCCC3)ccc2n1. The predicted octanol–water partition coefficient (Wildman–Crippen LogP) is 1.56. The van der Waals surface area contributed by atoms with Gasteiger partial charge in [-0.05, 0) is 25.0 Å². The molecule has 18 heavy (non-hydrogen) atoms. The van der Waals surface area contributed by atoms with Crippen LogP contribution >= 0.6 is 0 Å². The van der Waals surface area contributed by atoms with Crippen molar-refractivity contribution in [1.29, 1.82) is 0 Å². The molecule has 0 bridgehead atoms. The molecule has 5 nitrogen and oxygen atoms in total. The van der Waals surface area contributed by atoms with Crippen molar-refractivity contribution in [2.45, 2.75) is 19.3 Å². The quantitative estimate of drug-likeness (QED) is 0.891. The van der Waals surface area contributed by atoms with E-state index < -0.39 is 5.97 Å². The fourth-order valence-corrected chi connectivity index (χ4v) is 2.44. The fraction of sp³-hybridized carbons (Fsp3) is 0.385. The number of aromatic nitrogens is 2. The van der Waals surface area contributed by atoms with Crippen LogP contribution in [0.3, 0.4) is 0 Å². The third kappa shape index (κ3) is 2.03. The molecule has 0 aromatic carbocycles. The van der Waals surface area contributed by atoms with Gasteiger partial charge < -0.3 is 14.4 Å². The second kappa shape index (κ2) is 4.33. The maximum absolute atomic E-state index is 10.7. The summed E-state index contributed by atoms with van der Waals surface area (Å²) in [6, 6.07) is 4.00. The summed E-state index contributed by atoms with van der Waals surface area (Å²) in [6.45, 7) is 2.20. The zero-order chi connectivity index (χ0) is 12.5. The normalized spacial score (nSPS) is 15.4. The second-order valence-electron chi connectivity index (χ2n) is 4.65. The van der Waals surface area contributed by atoms with E-state index in [2.05, 4.69) is 16.0 Å². The molecular formula is C13H15N3O2. The summed E-state index contributed by atoms with van der Waals surface area (Å²) in [5, 5.41) is 8.76. The molecule has 2 aromatic rings. The van der Waals surface area contributed by atoms with Gasteiger partial charge in [-0.1, -0.05) is 0 Å². The van der Waals surface area contributed by atoms with Gasteiger partial charge >= 0.3 is 5.97 Å². The lowest BCUT2D eigenvalue weighted by Crippen LogP contribution is -2.17. The van der Waals surface area contributed by atoms with E-state index >= 15 is 0 Å². The number of carboxylic acids is 1. The van der Waals surface area contributed by atoms with Gasteiger partial charge in [0.25, 0.3) is 0 Å². The average Bonchev–Trinajstić information content (AvgIpc) is 2.94. The summed E-state index contributed by atoms with van der Waals surface area (Å²) < 4.78 is 1.91. The molecule has 3 rings (SSSR count). The van der Waals surface area contributed by atoms with Gasteiger partial charge in [0.1, 0.15) is 5.65 Å². The smallest absolute Gasteiger partial charge is 0.309 e. The lowest BCUT2D eigenvalue weighted by atomic mass is 10.3. The fourth-order valence-electron chi connectivity index (χ4n) is 2.44. The highest BCUT2D eigenvalue weighted by Crippen LogP contribution is 2.20. The molecule has 1 N–H and O–H groups in total. The van der Waals surface area contributed by atoms with E-state index in [9.17, 15) is 4.79 Å². The van der Waals surface area contributed by atoms with E-state index in [0.717, 1.165) is 18.7 Å². The Bertz CT molecular complexity index is 585. The first-order valence-corrected chi connectivity index (χ1v) is 6.17. The van der Waals surface area contributed by atoms with Gasteiger partial charge in [-0.2, -0.15) is 0 Å². The zero-order valence-corrected chi connectivity index (χ0v) is 10.0. The van der Waals surface area contributed by atoms with Crippen LogP contribution in [0.5, 0.6) is 0 Å². The van der Waals surface area contributed by atoms with E-state index in [0.29, 0.717) is 5.69 Å². The summed E-state index contributed by atoms with van der Waals surface area (Å²) in [7, 11) is 0. The van der Waals surface area contributed by atoms with Gasteiger partial charge in [-0.3, -0.25) is 4.79 Å². The number of hydrogen-bond donors (Lipinski definition) is 1. The summed E-state index contributed by atoms with van der Waals surface area (Å²) in [5.74, 6) is -0.849. The van der Waals surface area contributed by atoms with E-state index in [1.165, 1.54) is 18.5 Å². The topological polar surface area (TPSA) is 57.8 Å². The Morgan fingerprint density at radius 3 is 2.78 bits per heavy atom. The van der Waals surface area contributed by atoms with Crippen molar-refractivity contribution in [2.24, 2.45) is 0 Å². The van der Waals surface area contributed by atoms with Crippen LogP contribution in [0.1, 0.15) is 18.5 Å². The highest BCUT2D eigenvalue weighted by atomic mass is 16.4. The van der Waals surface area contributed by atoms with E-state index in [1.807, 2.05) is 16.7 Å². The molecule has 0 amide bonds. The van der Waals surface area contributed by atoms with Crippen molar-refractivity contribution >= 4 is 17.3 Å². The molecule has 0 radical (unpaired) electrons. The number of carbonyl (C=O) groups is 1. The van der Waals surface area contributed by atoms with E-state index in [4.69, 9.17) is 5.11 Å². The number of anilines is 1. The molecule has 1 aliphatic rings. The largest absolute Gasteiger partial charge is 0.481 e. The molecule has 0 atom stereocenters. The molecule has 0 aliphatic carbocycles. The van der Waals surface area contributed by atoms with Crippen molar-refractivity contribution in [3.63, 3.8) is 0 Å². The van der Waals surface area contributed by atoms with Gasteiger partial charge in [0, 0.05) is 25.5 Å². The molecular weight excluding hydrogens is 230 g/mol. The Balaban J connectivity index is 1.93. The van der Waals surface area contributed by atoms with Crippen LogP contribution in [0, 0.1) is 0 Å². The molecule has 1 aliphatic heterocycles. The maximum atomic E-state index is 10.7. The van der Waals surface area contributed by atoms with Crippen LogP contribution in [-0.4, -0.2) is 33.6 Å². The van der Waals surface area contributed by atoms with Crippen LogP contribution < -0.4 is 4.90 Å². The number of nitrogens with zero attached hydrogens (tertiary/aromatic N) is 3. The molecule has 0 saturated carbocycles. The van der Waals surface area contributed by atoms with Crippen LogP contribution in [0.15, 0.2) is 24.5 Å². The summed E-state index contributed by atoms with van der Waals surface area (Å²) in [5.41, 5.74) is 2.58. The van der Waals surface area contributed by atoms with Gasteiger partial charge in [0.15, 0.2) is 0 Å². The zero-order valence-electron chi connectivity index (χ0n) is 10.0. The van der Waals surface area contributed by atoms with Crippen LogP contribution in [0.2, 0.25) is 0 Å². The Hall–Kier alpha value is -2.04. The Kier molecular flexibility index (Phi) is 2.66. The van der Waals surface area contributed by atoms with Gasteiger partial charge in [0.05, 0.1) is 17.8 Å². The minimum Gasteiger partial charge on any atom is -0.481 e. The van der Waals surface area contributed by atoms with Crippen molar-refractivity contribution < 1.29 is 9.90 Å². The minimum absolute atomic E-state index is 0.0271. The first-order valence-electron chi connectivity index (χ1n) is 6.17. The number of imidazole rings is 1. The lowest BCUT2D eigenvalue weighted by molar-refractivity contribution is -0.136. The molecule has 1 fully saturated rings. The van der Waals surface area contributed by atoms with E-state index in [-0.39, 0.29) is 6.42 Å². The summed E-state index contributed by atoms with van der Waals surface area (Å²) >= 11 is 0. The first kappa shape index (κ1) is 11.1. The van der Waals surface area contributed by atoms with Crippen LogP contribution in [-0.2, 0) is 11.2 Å². The van der Waals surface area contributed by atoms with Crippen molar-refractivity contribution in [3.05, 3.63) is 30.2 Å². The Morgan fingerprint density at radius 2 is 2.06 bits per heavy atom. The minimum atomic E-state index is -0.849. The molecule has 5 heteroatoms. The van der Waals surface area contributed by atoms with Gasteiger partial charge in [-0.25, -0.2) is 4.98 Å². The highest BCUT2D eigenvalue weighted by Gasteiger charge is 2.13. The second-order valence-corrected chi connectivity index (χ2v) is 4.65. The number of fused-ring (bicyclic) bond motifs is 1. The molecule has 1 saturated heterocycles. The predicted molar refractivity (Wildman–Crippen MR) is 68.0 cm³/mol. The van der Waals surface area contributed by atoms with Gasteiger partial charge in [-0.15, -0.1) is 0 Å². The summed E-state index contributed by atoms with van der Waals surface area (Å²) in [4.78, 5) is 17.3. The molecule has 2 aromatic heterocycles. The molecule has 94 valence electrons. The Morgan fingerprint density at radius 1 is 1.28 bits per heavy atom. The third-order valence-corrected chi connectivity index (χ3v) is 3.29. The van der Waals surface area contributed by atoms with Crippen molar-refractivity contribution in [3.8, 4) is 0 Å². The highest BCUT2D eigenvalue weighted by molar-refractivity contribution is 5.70. The van der Waals surface area contributed by atoms with Crippen molar-refractivity contribution in [2.75, 3.05) is 18.0 Å². The van der Waals surface area contributed by atoms with Crippen LogP contribution in [0.25, 0.3) is 5.65 Å². The number of hydrogen-bond acceptors (Lipinski definition) is 3. The van der Waals surface area contributed by atoms with E-state index in [1.54, 1.807) is 6.20 Å². The first-order chi connectivity index (χ1) is 8.72. The number of rotatable bonds is 3. The standard InChI is InChI=1S/C13H15N3O2/c17-13(18)7-10-8-16-9-11(3-4-12(16)14-10)15-5-1-2-6-15/h3-4,8-9H,1-2,5-7H2,(H,17,18). The number of aliphatic carboxylic acids is 1. The molecule has 0 spiro atoms. The lowest BCUT2D eigenvalue weighted by Gasteiger charge is -2.17. The molecule has 0 unspecified atom stereocenters.